The van der Waals surface area contributed by atoms with Crippen LogP contribution in [0.5, 0.6) is 0 Å². The Hall–Kier alpha value is -1.44. The first-order valence-electron chi connectivity index (χ1n) is 8.07. The number of hydrogen-bond acceptors (Lipinski definition) is 5. The van der Waals surface area contributed by atoms with E-state index in [2.05, 4.69) is 0 Å². The minimum Gasteiger partial charge on any atom is -0.454 e. The molecular formula is C17H22ClNO5S. The van der Waals surface area contributed by atoms with E-state index in [9.17, 15) is 18.0 Å². The fraction of sp³-hybridized carbons (Fsp3) is 0.529. The van der Waals surface area contributed by atoms with Crippen LogP contribution in [0.3, 0.4) is 0 Å². The van der Waals surface area contributed by atoms with Crippen molar-refractivity contribution >= 4 is 33.4 Å². The first kappa shape index (κ1) is 19.9. The minimum atomic E-state index is -3.73. The maximum absolute atomic E-state index is 12.9. The number of sulfonamides is 1. The smallest absolute Gasteiger partial charge is 0.340 e. The lowest BCUT2D eigenvalue weighted by Crippen LogP contribution is -2.42. The van der Waals surface area contributed by atoms with Crippen molar-refractivity contribution in [2.45, 2.75) is 32.1 Å². The molecule has 138 valence electrons. The number of nitrogens with zero attached hydrogens (tertiary/aromatic N) is 1. The molecule has 6 nitrogen and oxygen atoms in total. The van der Waals surface area contributed by atoms with Gasteiger partial charge in [0.15, 0.2) is 5.78 Å². The molecular weight excluding hydrogens is 366 g/mol. The minimum absolute atomic E-state index is 0.00650. The van der Waals surface area contributed by atoms with Gasteiger partial charge in [-0.1, -0.05) is 25.4 Å². The third-order valence-corrected chi connectivity index (χ3v) is 6.19. The second kappa shape index (κ2) is 7.85. The molecule has 2 atom stereocenters. The molecule has 0 bridgehead atoms. The van der Waals surface area contributed by atoms with E-state index >= 15 is 0 Å². The summed E-state index contributed by atoms with van der Waals surface area (Å²) in [6.45, 7) is 5.83. The Morgan fingerprint density at radius 3 is 2.40 bits per heavy atom. The molecule has 0 unspecified atom stereocenters. The number of hydrogen-bond donors (Lipinski definition) is 0. The van der Waals surface area contributed by atoms with Gasteiger partial charge in [-0.2, -0.15) is 4.31 Å². The van der Waals surface area contributed by atoms with Gasteiger partial charge in [0, 0.05) is 13.1 Å². The fourth-order valence-corrected chi connectivity index (χ4v) is 4.92. The Balaban J connectivity index is 2.31. The second-order valence-electron chi connectivity index (χ2n) is 6.69. The number of ketones is 1. The lowest BCUT2D eigenvalue weighted by atomic mass is 9.94. The molecule has 0 saturated carbocycles. The lowest BCUT2D eigenvalue weighted by Gasteiger charge is -2.34. The Bertz CT molecular complexity index is 767. The van der Waals surface area contributed by atoms with Gasteiger partial charge in [-0.25, -0.2) is 13.2 Å². The van der Waals surface area contributed by atoms with Gasteiger partial charge in [0.1, 0.15) is 6.61 Å². The highest BCUT2D eigenvalue weighted by molar-refractivity contribution is 7.89. The molecule has 1 aliphatic rings. The topological polar surface area (TPSA) is 80.8 Å². The van der Waals surface area contributed by atoms with E-state index in [0.717, 1.165) is 6.42 Å². The van der Waals surface area contributed by atoms with Gasteiger partial charge < -0.3 is 4.74 Å². The van der Waals surface area contributed by atoms with E-state index in [-0.39, 0.29) is 39.7 Å². The molecule has 0 amide bonds. The van der Waals surface area contributed by atoms with Crippen molar-refractivity contribution in [3.05, 3.63) is 28.8 Å². The molecule has 2 rings (SSSR count). The largest absolute Gasteiger partial charge is 0.454 e. The summed E-state index contributed by atoms with van der Waals surface area (Å²) in [5, 5.41) is 0.0767. The van der Waals surface area contributed by atoms with Crippen molar-refractivity contribution in [2.75, 3.05) is 19.7 Å². The van der Waals surface area contributed by atoms with Crippen LogP contribution in [0.1, 0.15) is 37.6 Å². The van der Waals surface area contributed by atoms with Crippen molar-refractivity contribution in [1.82, 2.24) is 4.31 Å². The van der Waals surface area contributed by atoms with Gasteiger partial charge in [0.05, 0.1) is 15.5 Å². The number of halogens is 1. The average molecular weight is 388 g/mol. The van der Waals surface area contributed by atoms with E-state index in [0.29, 0.717) is 13.1 Å². The summed E-state index contributed by atoms with van der Waals surface area (Å²) in [6, 6.07) is 3.95. The third kappa shape index (κ3) is 4.80. The van der Waals surface area contributed by atoms with Crippen LogP contribution >= 0.6 is 11.6 Å². The van der Waals surface area contributed by atoms with Gasteiger partial charge in [-0.05, 0) is 43.4 Å². The maximum Gasteiger partial charge on any atom is 0.340 e. The van der Waals surface area contributed by atoms with Crippen molar-refractivity contribution in [3.63, 3.8) is 0 Å². The zero-order chi connectivity index (χ0) is 18.8. The van der Waals surface area contributed by atoms with Crippen LogP contribution in [0.25, 0.3) is 0 Å². The molecule has 0 aromatic heterocycles. The van der Waals surface area contributed by atoms with Crippen LogP contribution < -0.4 is 0 Å². The SMILES string of the molecule is CC(=O)COC(=O)c1cc(S(=O)(=O)N2C[C@@H](C)C[C@H](C)C2)ccc1Cl. The van der Waals surface area contributed by atoms with Crippen LogP contribution in [0.4, 0.5) is 0 Å². The summed E-state index contributed by atoms with van der Waals surface area (Å²) in [5.41, 5.74) is -0.0675. The molecule has 8 heteroatoms. The Morgan fingerprint density at radius 2 is 1.84 bits per heavy atom. The van der Waals surface area contributed by atoms with Crippen LogP contribution in [0, 0.1) is 11.8 Å². The molecule has 0 N–H and O–H groups in total. The molecule has 0 spiro atoms. The number of esters is 1. The standard InChI is InChI=1S/C17H22ClNO5S/c1-11-6-12(2)9-19(8-11)25(22,23)14-4-5-16(18)15(7-14)17(21)24-10-13(3)20/h4-5,7,11-12H,6,8-10H2,1-3H3/t11-,12-/m0/s1. The number of carbonyl (C=O) groups is 2. The molecule has 25 heavy (non-hydrogen) atoms. The van der Waals surface area contributed by atoms with Crippen LogP contribution in [-0.4, -0.2) is 44.2 Å². The van der Waals surface area contributed by atoms with Gasteiger partial charge in [-0.3, -0.25) is 4.79 Å². The normalized spacial score (nSPS) is 21.8. The molecule has 1 aliphatic heterocycles. The Kier molecular flexibility index (Phi) is 6.24. The zero-order valence-corrected chi connectivity index (χ0v) is 16.1. The van der Waals surface area contributed by atoms with E-state index in [1.54, 1.807) is 0 Å². The van der Waals surface area contributed by atoms with Crippen LogP contribution in [-0.2, 0) is 19.6 Å². The first-order valence-corrected chi connectivity index (χ1v) is 9.89. The van der Waals surface area contributed by atoms with E-state index in [4.69, 9.17) is 16.3 Å². The fourth-order valence-electron chi connectivity index (χ4n) is 3.02. The van der Waals surface area contributed by atoms with Crippen molar-refractivity contribution < 1.29 is 22.7 Å². The Labute approximate surface area is 153 Å². The second-order valence-corrected chi connectivity index (χ2v) is 9.03. The molecule has 1 saturated heterocycles. The van der Waals surface area contributed by atoms with Crippen molar-refractivity contribution in [1.29, 1.82) is 0 Å². The zero-order valence-electron chi connectivity index (χ0n) is 14.5. The molecule has 0 aliphatic carbocycles. The number of rotatable bonds is 5. The molecule has 1 fully saturated rings. The molecule has 0 radical (unpaired) electrons. The number of benzene rings is 1. The van der Waals surface area contributed by atoms with E-state index in [1.807, 2.05) is 13.8 Å². The van der Waals surface area contributed by atoms with Crippen molar-refractivity contribution in [3.8, 4) is 0 Å². The highest BCUT2D eigenvalue weighted by atomic mass is 35.5. The summed E-state index contributed by atoms with van der Waals surface area (Å²) in [7, 11) is -3.73. The number of piperidine rings is 1. The first-order chi connectivity index (χ1) is 11.6. The van der Waals surface area contributed by atoms with Gasteiger partial charge in [-0.15, -0.1) is 0 Å². The maximum atomic E-state index is 12.9. The lowest BCUT2D eigenvalue weighted by molar-refractivity contribution is -0.120. The van der Waals surface area contributed by atoms with E-state index < -0.39 is 16.0 Å². The highest BCUT2D eigenvalue weighted by Gasteiger charge is 2.32. The quantitative estimate of drug-likeness (QED) is 0.725. The van der Waals surface area contributed by atoms with Crippen LogP contribution in [0.15, 0.2) is 23.1 Å². The average Bonchev–Trinajstić information content (AvgIpc) is 2.51. The van der Waals surface area contributed by atoms with Crippen molar-refractivity contribution in [2.24, 2.45) is 11.8 Å². The van der Waals surface area contributed by atoms with Gasteiger partial charge in [0.2, 0.25) is 10.0 Å². The monoisotopic (exact) mass is 387 g/mol. The Morgan fingerprint density at radius 1 is 1.24 bits per heavy atom. The molecule has 1 aromatic carbocycles. The summed E-state index contributed by atoms with van der Waals surface area (Å²) in [5.74, 6) is -0.598. The predicted molar refractivity (Wildman–Crippen MR) is 94.1 cm³/mol. The predicted octanol–water partition coefficient (Wildman–Crippen LogP) is 2.75. The summed E-state index contributed by atoms with van der Waals surface area (Å²) >= 11 is 5.99. The molecule has 1 heterocycles. The summed E-state index contributed by atoms with van der Waals surface area (Å²) < 4.78 is 32.1. The molecule has 1 aromatic rings. The van der Waals surface area contributed by atoms with Crippen LogP contribution in [0.2, 0.25) is 5.02 Å². The summed E-state index contributed by atoms with van der Waals surface area (Å²) in [4.78, 5) is 23.0. The van der Waals surface area contributed by atoms with Gasteiger partial charge in [0.25, 0.3) is 0 Å². The third-order valence-electron chi connectivity index (χ3n) is 4.04. The summed E-state index contributed by atoms with van der Waals surface area (Å²) in [6.07, 6.45) is 0.981. The highest BCUT2D eigenvalue weighted by Crippen LogP contribution is 2.28. The number of Topliss-reactive ketones (excluding diaryl/α,β-unsaturated/α-hetero) is 1. The number of carbonyl (C=O) groups excluding carboxylic acids is 2. The number of ether oxygens (including phenoxy) is 1. The van der Waals surface area contributed by atoms with E-state index in [1.165, 1.54) is 29.4 Å². The van der Waals surface area contributed by atoms with Gasteiger partial charge >= 0.3 is 5.97 Å².